The van der Waals surface area contributed by atoms with E-state index in [0.29, 0.717) is 12.6 Å². The third kappa shape index (κ3) is 6.62. The van der Waals surface area contributed by atoms with E-state index < -0.39 is 0 Å². The molecular formula is C10H23NO. The topological polar surface area (TPSA) is 32.3 Å². The van der Waals surface area contributed by atoms with Crippen molar-refractivity contribution in [2.24, 2.45) is 5.92 Å². The fourth-order valence-corrected chi connectivity index (χ4v) is 1.23. The standard InChI is InChI=1S/C10H23NO/c1-5-8(2)6-9(3)11-7-10(4)12/h8-12H,5-7H2,1-4H3/t8?,9?,10-/m0/s1. The summed E-state index contributed by atoms with van der Waals surface area (Å²) in [4.78, 5) is 0. The maximum atomic E-state index is 9.03. The van der Waals surface area contributed by atoms with E-state index >= 15 is 0 Å². The van der Waals surface area contributed by atoms with Crippen LogP contribution in [0.5, 0.6) is 0 Å². The predicted molar refractivity (Wildman–Crippen MR) is 53.2 cm³/mol. The van der Waals surface area contributed by atoms with E-state index in [4.69, 9.17) is 5.11 Å². The van der Waals surface area contributed by atoms with Gasteiger partial charge in [-0.15, -0.1) is 0 Å². The van der Waals surface area contributed by atoms with Crippen molar-refractivity contribution in [3.8, 4) is 0 Å². The Bertz CT molecular complexity index is 104. The number of hydrogen-bond acceptors (Lipinski definition) is 2. The molecule has 0 aromatic carbocycles. The minimum Gasteiger partial charge on any atom is -0.392 e. The maximum absolute atomic E-state index is 9.03. The van der Waals surface area contributed by atoms with Crippen molar-refractivity contribution in [3.63, 3.8) is 0 Å². The Kier molecular flexibility index (Phi) is 6.39. The average molecular weight is 173 g/mol. The number of nitrogens with one attached hydrogen (secondary N) is 1. The van der Waals surface area contributed by atoms with E-state index in [1.807, 2.05) is 6.92 Å². The Morgan fingerprint density at radius 1 is 1.25 bits per heavy atom. The summed E-state index contributed by atoms with van der Waals surface area (Å²) in [6.45, 7) is 9.17. The van der Waals surface area contributed by atoms with Gasteiger partial charge in [0.15, 0.2) is 0 Å². The van der Waals surface area contributed by atoms with Gasteiger partial charge in [-0.25, -0.2) is 0 Å². The highest BCUT2D eigenvalue weighted by Crippen LogP contribution is 2.08. The zero-order valence-corrected chi connectivity index (χ0v) is 8.80. The van der Waals surface area contributed by atoms with Crippen LogP contribution in [0.1, 0.15) is 40.5 Å². The first-order chi connectivity index (χ1) is 5.56. The van der Waals surface area contributed by atoms with Gasteiger partial charge in [0, 0.05) is 12.6 Å². The molecule has 12 heavy (non-hydrogen) atoms. The number of aliphatic hydroxyl groups excluding tert-OH is 1. The number of aliphatic hydroxyl groups is 1. The molecule has 0 fully saturated rings. The van der Waals surface area contributed by atoms with Crippen LogP contribution in [0.3, 0.4) is 0 Å². The molecule has 0 radical (unpaired) electrons. The van der Waals surface area contributed by atoms with Crippen molar-refractivity contribution in [2.45, 2.75) is 52.7 Å². The average Bonchev–Trinajstić information content (AvgIpc) is 2.00. The van der Waals surface area contributed by atoms with Crippen LogP contribution in [0.25, 0.3) is 0 Å². The largest absolute Gasteiger partial charge is 0.392 e. The summed E-state index contributed by atoms with van der Waals surface area (Å²) in [5.41, 5.74) is 0. The minimum absolute atomic E-state index is 0.232. The second-order valence-corrected chi connectivity index (χ2v) is 3.91. The summed E-state index contributed by atoms with van der Waals surface area (Å²) in [7, 11) is 0. The summed E-state index contributed by atoms with van der Waals surface area (Å²) in [6, 6.07) is 0.523. The van der Waals surface area contributed by atoms with Gasteiger partial charge < -0.3 is 10.4 Å². The van der Waals surface area contributed by atoms with Crippen LogP contribution in [-0.4, -0.2) is 23.8 Å². The summed E-state index contributed by atoms with van der Waals surface area (Å²) in [5.74, 6) is 0.779. The monoisotopic (exact) mass is 173 g/mol. The first-order valence-electron chi connectivity index (χ1n) is 4.97. The molecule has 0 bridgehead atoms. The fraction of sp³-hybridized carbons (Fsp3) is 1.00. The first kappa shape index (κ1) is 11.9. The maximum Gasteiger partial charge on any atom is 0.0636 e. The molecule has 0 saturated carbocycles. The lowest BCUT2D eigenvalue weighted by molar-refractivity contribution is 0.184. The van der Waals surface area contributed by atoms with Gasteiger partial charge in [-0.3, -0.25) is 0 Å². The zero-order chi connectivity index (χ0) is 9.56. The van der Waals surface area contributed by atoms with Crippen LogP contribution in [0.15, 0.2) is 0 Å². The molecule has 0 spiro atoms. The van der Waals surface area contributed by atoms with E-state index in [-0.39, 0.29) is 6.10 Å². The Hall–Kier alpha value is -0.0800. The Labute approximate surface area is 76.4 Å². The molecule has 0 rings (SSSR count). The molecule has 2 unspecified atom stereocenters. The smallest absolute Gasteiger partial charge is 0.0636 e. The highest BCUT2D eigenvalue weighted by molar-refractivity contribution is 4.65. The van der Waals surface area contributed by atoms with Gasteiger partial charge in [-0.05, 0) is 26.2 Å². The lowest BCUT2D eigenvalue weighted by Crippen LogP contribution is -2.33. The van der Waals surface area contributed by atoms with Crippen LogP contribution < -0.4 is 5.32 Å². The third-order valence-electron chi connectivity index (χ3n) is 2.21. The van der Waals surface area contributed by atoms with Gasteiger partial charge in [-0.1, -0.05) is 20.3 Å². The molecule has 0 aromatic rings. The lowest BCUT2D eigenvalue weighted by atomic mass is 10.0. The highest BCUT2D eigenvalue weighted by atomic mass is 16.3. The molecule has 2 heteroatoms. The van der Waals surface area contributed by atoms with E-state index in [0.717, 1.165) is 5.92 Å². The predicted octanol–water partition coefficient (Wildman–Crippen LogP) is 1.78. The molecule has 0 heterocycles. The zero-order valence-electron chi connectivity index (χ0n) is 8.80. The molecule has 2 N–H and O–H groups in total. The minimum atomic E-state index is -0.232. The first-order valence-corrected chi connectivity index (χ1v) is 4.97. The number of hydrogen-bond donors (Lipinski definition) is 2. The lowest BCUT2D eigenvalue weighted by Gasteiger charge is -2.18. The van der Waals surface area contributed by atoms with E-state index in [1.54, 1.807) is 0 Å². The van der Waals surface area contributed by atoms with Crippen LogP contribution in [0.4, 0.5) is 0 Å². The Balaban J connectivity index is 3.39. The van der Waals surface area contributed by atoms with Crippen molar-refractivity contribution < 1.29 is 5.11 Å². The van der Waals surface area contributed by atoms with Gasteiger partial charge in [0.2, 0.25) is 0 Å². The summed E-state index contributed by atoms with van der Waals surface area (Å²) < 4.78 is 0. The molecule has 2 nitrogen and oxygen atoms in total. The van der Waals surface area contributed by atoms with Gasteiger partial charge >= 0.3 is 0 Å². The van der Waals surface area contributed by atoms with E-state index in [2.05, 4.69) is 26.1 Å². The van der Waals surface area contributed by atoms with Crippen LogP contribution in [0.2, 0.25) is 0 Å². The molecule has 74 valence electrons. The van der Waals surface area contributed by atoms with Crippen molar-refractivity contribution in [1.29, 1.82) is 0 Å². The molecular weight excluding hydrogens is 150 g/mol. The second-order valence-electron chi connectivity index (χ2n) is 3.91. The quantitative estimate of drug-likeness (QED) is 0.641. The molecule has 3 atom stereocenters. The third-order valence-corrected chi connectivity index (χ3v) is 2.21. The SMILES string of the molecule is CCC(C)CC(C)NC[C@H](C)O. The molecule has 0 aliphatic heterocycles. The van der Waals surface area contributed by atoms with Gasteiger partial charge in [-0.2, -0.15) is 0 Å². The van der Waals surface area contributed by atoms with Crippen LogP contribution >= 0.6 is 0 Å². The Morgan fingerprint density at radius 2 is 1.83 bits per heavy atom. The van der Waals surface area contributed by atoms with Crippen LogP contribution in [-0.2, 0) is 0 Å². The highest BCUT2D eigenvalue weighted by Gasteiger charge is 2.06. The summed E-state index contributed by atoms with van der Waals surface area (Å²) >= 11 is 0. The summed E-state index contributed by atoms with van der Waals surface area (Å²) in [6.07, 6.45) is 2.20. The fourth-order valence-electron chi connectivity index (χ4n) is 1.23. The molecule has 0 aliphatic carbocycles. The van der Waals surface area contributed by atoms with E-state index in [1.165, 1.54) is 12.8 Å². The van der Waals surface area contributed by atoms with Gasteiger partial charge in [0.1, 0.15) is 0 Å². The molecule has 0 amide bonds. The number of rotatable bonds is 6. The van der Waals surface area contributed by atoms with Crippen LogP contribution in [0, 0.1) is 5.92 Å². The molecule has 0 aliphatic rings. The normalized spacial score (nSPS) is 18.8. The second kappa shape index (κ2) is 6.44. The van der Waals surface area contributed by atoms with Gasteiger partial charge in [0.25, 0.3) is 0 Å². The van der Waals surface area contributed by atoms with Crippen molar-refractivity contribution in [2.75, 3.05) is 6.54 Å². The molecule has 0 aromatic heterocycles. The van der Waals surface area contributed by atoms with Crippen molar-refractivity contribution in [1.82, 2.24) is 5.32 Å². The van der Waals surface area contributed by atoms with E-state index in [9.17, 15) is 0 Å². The molecule has 0 saturated heterocycles. The summed E-state index contributed by atoms with van der Waals surface area (Å²) in [5, 5.41) is 12.3. The Morgan fingerprint density at radius 3 is 2.25 bits per heavy atom. The van der Waals surface area contributed by atoms with Crippen molar-refractivity contribution >= 4 is 0 Å². The van der Waals surface area contributed by atoms with Gasteiger partial charge in [0.05, 0.1) is 6.10 Å². The van der Waals surface area contributed by atoms with Crippen molar-refractivity contribution in [3.05, 3.63) is 0 Å².